The molecule has 3 N–H and O–H groups in total. The molecule has 0 atom stereocenters. The number of morpholine rings is 1. The summed E-state index contributed by atoms with van der Waals surface area (Å²) in [7, 11) is 0. The number of ether oxygens (including phenoxy) is 1. The number of hydrogen-bond acceptors (Lipinski definition) is 9. The van der Waals surface area contributed by atoms with Gasteiger partial charge in [-0.2, -0.15) is 0 Å². The van der Waals surface area contributed by atoms with E-state index >= 15 is 0 Å². The Balaban J connectivity index is 1.58. The Hall–Kier alpha value is -2.24. The van der Waals surface area contributed by atoms with Crippen LogP contribution in [0.15, 0.2) is 23.2 Å². The standard InChI is InChI=1S/C25H36N6O3S/c1-18-13-19(2)21-14-20(18)16-27-5-3-4-6-30(8-7-29-9-11-34-12-10-29)17-24(32)35-23-15-22(21)31(33)25(26)28-23/h13-15,26-27,33H,3-12,16-17H2,1-2H3. The van der Waals surface area contributed by atoms with Gasteiger partial charge >= 0.3 is 0 Å². The van der Waals surface area contributed by atoms with Gasteiger partial charge < -0.3 is 15.3 Å². The maximum atomic E-state index is 13.0. The van der Waals surface area contributed by atoms with E-state index in [-0.39, 0.29) is 10.7 Å². The van der Waals surface area contributed by atoms with Crippen LogP contribution in [0.2, 0.25) is 0 Å². The summed E-state index contributed by atoms with van der Waals surface area (Å²) in [6.07, 6.45) is 2.05. The Morgan fingerprint density at radius 2 is 1.86 bits per heavy atom. The van der Waals surface area contributed by atoms with Crippen LogP contribution in [0.4, 0.5) is 0 Å². The van der Waals surface area contributed by atoms with Crippen LogP contribution < -0.4 is 10.9 Å². The number of carbonyl (C=O) groups is 1. The normalized spacial score (nSPS) is 19.1. The Morgan fingerprint density at radius 1 is 1.09 bits per heavy atom. The highest BCUT2D eigenvalue weighted by Gasteiger charge is 2.19. The minimum absolute atomic E-state index is 0.00736. The molecule has 0 saturated carbocycles. The number of nitrogens with one attached hydrogen (secondary N) is 2. The van der Waals surface area contributed by atoms with Gasteiger partial charge in [-0.15, -0.1) is 4.73 Å². The molecular weight excluding hydrogens is 464 g/mol. The van der Waals surface area contributed by atoms with E-state index in [0.29, 0.717) is 17.3 Å². The first-order valence-corrected chi connectivity index (χ1v) is 13.1. The molecule has 2 aromatic rings. The molecule has 190 valence electrons. The van der Waals surface area contributed by atoms with Crippen molar-refractivity contribution >= 4 is 16.9 Å². The molecule has 35 heavy (non-hydrogen) atoms. The maximum absolute atomic E-state index is 13.0. The molecule has 0 aliphatic carbocycles. The Labute approximate surface area is 211 Å². The fourth-order valence-corrected chi connectivity index (χ4v) is 5.38. The molecule has 1 saturated heterocycles. The van der Waals surface area contributed by atoms with Crippen LogP contribution in [0.5, 0.6) is 0 Å². The quantitative estimate of drug-likeness (QED) is 0.434. The molecule has 3 heterocycles. The van der Waals surface area contributed by atoms with E-state index in [1.54, 1.807) is 6.07 Å². The number of thioether (sulfide) groups is 1. The monoisotopic (exact) mass is 500 g/mol. The van der Waals surface area contributed by atoms with E-state index in [1.807, 2.05) is 6.92 Å². The molecule has 0 unspecified atom stereocenters. The number of fused-ring (bicyclic) bond motifs is 5. The summed E-state index contributed by atoms with van der Waals surface area (Å²) in [5.74, 6) is 0. The largest absolute Gasteiger partial charge is 0.425 e. The van der Waals surface area contributed by atoms with Crippen molar-refractivity contribution in [1.82, 2.24) is 24.8 Å². The molecule has 1 aromatic carbocycles. The van der Waals surface area contributed by atoms with Crippen molar-refractivity contribution in [3.8, 4) is 11.3 Å². The van der Waals surface area contributed by atoms with Crippen molar-refractivity contribution in [2.75, 3.05) is 59.0 Å². The van der Waals surface area contributed by atoms with Crippen LogP contribution >= 0.6 is 11.8 Å². The van der Waals surface area contributed by atoms with Crippen molar-refractivity contribution in [3.63, 3.8) is 0 Å². The summed E-state index contributed by atoms with van der Waals surface area (Å²) in [5, 5.41) is 22.7. The lowest BCUT2D eigenvalue weighted by Crippen LogP contribution is -2.42. The number of benzene rings is 1. The molecule has 4 rings (SSSR count). The Kier molecular flexibility index (Phi) is 8.96. The number of hydrogen-bond donors (Lipinski definition) is 3. The number of aromatic nitrogens is 2. The fraction of sp³-hybridized carbons (Fsp3) is 0.560. The van der Waals surface area contributed by atoms with Crippen molar-refractivity contribution in [1.29, 1.82) is 5.41 Å². The molecule has 2 aliphatic rings. The third-order valence-electron chi connectivity index (χ3n) is 6.66. The number of nitrogens with zero attached hydrogens (tertiary/aromatic N) is 4. The van der Waals surface area contributed by atoms with Gasteiger partial charge in [-0.05, 0) is 80.4 Å². The van der Waals surface area contributed by atoms with Crippen LogP contribution in [0.25, 0.3) is 11.3 Å². The van der Waals surface area contributed by atoms with Gasteiger partial charge in [0.2, 0.25) is 5.12 Å². The van der Waals surface area contributed by atoms with Crippen molar-refractivity contribution in [3.05, 3.63) is 40.5 Å². The first-order valence-electron chi connectivity index (χ1n) is 12.3. The number of aryl methyl sites for hydroxylation is 2. The summed E-state index contributed by atoms with van der Waals surface area (Å²) in [5.41, 5.74) is 4.34. The van der Waals surface area contributed by atoms with Gasteiger partial charge in [-0.25, -0.2) is 4.98 Å². The van der Waals surface area contributed by atoms with Gasteiger partial charge in [0.25, 0.3) is 5.62 Å². The van der Waals surface area contributed by atoms with Gasteiger partial charge in [0.15, 0.2) is 0 Å². The van der Waals surface area contributed by atoms with Crippen LogP contribution in [-0.2, 0) is 16.1 Å². The van der Waals surface area contributed by atoms with Crippen LogP contribution in [0.1, 0.15) is 29.5 Å². The average molecular weight is 501 g/mol. The zero-order chi connectivity index (χ0) is 24.8. The second-order valence-electron chi connectivity index (χ2n) is 9.30. The highest BCUT2D eigenvalue weighted by atomic mass is 32.2. The first-order chi connectivity index (χ1) is 16.9. The van der Waals surface area contributed by atoms with Crippen molar-refractivity contribution in [2.24, 2.45) is 0 Å². The minimum Gasteiger partial charge on any atom is -0.425 e. The summed E-state index contributed by atoms with van der Waals surface area (Å²) in [4.78, 5) is 21.8. The van der Waals surface area contributed by atoms with Gasteiger partial charge in [0, 0.05) is 38.3 Å². The molecule has 10 heteroatoms. The van der Waals surface area contributed by atoms with Gasteiger partial charge in [0.1, 0.15) is 5.03 Å². The first kappa shape index (κ1) is 25.8. The summed E-state index contributed by atoms with van der Waals surface area (Å²) < 4.78 is 6.24. The third-order valence-corrected chi connectivity index (χ3v) is 7.44. The number of rotatable bonds is 3. The highest BCUT2D eigenvalue weighted by Crippen LogP contribution is 2.28. The fourth-order valence-electron chi connectivity index (χ4n) is 4.60. The molecule has 1 aromatic heterocycles. The van der Waals surface area contributed by atoms with E-state index in [2.05, 4.69) is 39.2 Å². The van der Waals surface area contributed by atoms with Crippen LogP contribution in [-0.4, -0.2) is 88.9 Å². The summed E-state index contributed by atoms with van der Waals surface area (Å²) in [6, 6.07) is 5.87. The maximum Gasteiger partial charge on any atom is 0.257 e. The van der Waals surface area contributed by atoms with Crippen LogP contribution in [0.3, 0.4) is 0 Å². The molecule has 0 spiro atoms. The van der Waals surface area contributed by atoms with E-state index in [9.17, 15) is 10.0 Å². The third kappa shape index (κ3) is 6.92. The molecular formula is C25H36N6O3S. The second kappa shape index (κ2) is 12.1. The van der Waals surface area contributed by atoms with E-state index < -0.39 is 0 Å². The molecule has 1 fully saturated rings. The second-order valence-corrected chi connectivity index (χ2v) is 10.4. The summed E-state index contributed by atoms with van der Waals surface area (Å²) >= 11 is 1.05. The van der Waals surface area contributed by atoms with Gasteiger partial charge in [-0.1, -0.05) is 6.07 Å². The predicted molar refractivity (Wildman–Crippen MR) is 136 cm³/mol. The highest BCUT2D eigenvalue weighted by molar-refractivity contribution is 8.13. The average Bonchev–Trinajstić information content (AvgIpc) is 2.83. The molecule has 9 nitrogen and oxygen atoms in total. The Morgan fingerprint density at radius 3 is 2.66 bits per heavy atom. The molecule has 0 radical (unpaired) electrons. The van der Waals surface area contributed by atoms with E-state index in [1.165, 1.54) is 5.56 Å². The molecule has 2 aliphatic heterocycles. The Bertz CT molecular complexity index is 1100. The van der Waals surface area contributed by atoms with E-state index in [0.717, 1.165) is 105 Å². The zero-order valence-electron chi connectivity index (χ0n) is 20.7. The molecule has 4 bridgehead atoms. The lowest BCUT2D eigenvalue weighted by atomic mass is 9.97. The van der Waals surface area contributed by atoms with Gasteiger partial charge in [0.05, 0.1) is 25.5 Å². The SMILES string of the molecule is Cc1cc(C)c2cc1CNCCCCN(CCN1CCOCC1)CC(=O)Sc1cc-2n(O)c(=N)n1. The minimum atomic E-state index is -0.289. The van der Waals surface area contributed by atoms with Crippen molar-refractivity contribution < 1.29 is 14.7 Å². The summed E-state index contributed by atoms with van der Waals surface area (Å²) in [6.45, 7) is 12.1. The lowest BCUT2D eigenvalue weighted by molar-refractivity contribution is -0.112. The van der Waals surface area contributed by atoms with Gasteiger partial charge in [-0.3, -0.25) is 20.0 Å². The predicted octanol–water partition coefficient (Wildman–Crippen LogP) is 2.02. The zero-order valence-corrected chi connectivity index (χ0v) is 21.5. The number of carbonyl (C=O) groups excluding carboxylic acids is 1. The topological polar surface area (TPSA) is 107 Å². The van der Waals surface area contributed by atoms with Crippen molar-refractivity contribution in [2.45, 2.75) is 38.3 Å². The molecule has 0 amide bonds. The smallest absolute Gasteiger partial charge is 0.257 e. The van der Waals surface area contributed by atoms with E-state index in [4.69, 9.17) is 10.1 Å². The lowest BCUT2D eigenvalue weighted by Gasteiger charge is -2.29. The van der Waals surface area contributed by atoms with Crippen LogP contribution in [0, 0.1) is 19.3 Å².